The van der Waals surface area contributed by atoms with Crippen molar-refractivity contribution in [2.45, 2.75) is 20.4 Å². The van der Waals surface area contributed by atoms with Crippen LogP contribution in [0.3, 0.4) is 0 Å². The lowest BCUT2D eigenvalue weighted by atomic mass is 10.3. The van der Waals surface area contributed by atoms with E-state index in [0.717, 1.165) is 0 Å². The Kier molecular flexibility index (Phi) is 3.53. The number of aromatic nitrogens is 5. The molecule has 0 aliphatic carbocycles. The lowest BCUT2D eigenvalue weighted by Gasteiger charge is -2.05. The van der Waals surface area contributed by atoms with Gasteiger partial charge < -0.3 is 11.1 Å². The fourth-order valence-electron chi connectivity index (χ4n) is 2.33. The number of aryl methyl sites for hydroxylation is 1. The Morgan fingerprint density at radius 2 is 2.13 bits per heavy atom. The average molecular weight is 313 g/mol. The van der Waals surface area contributed by atoms with Crippen LogP contribution < -0.4 is 11.1 Å². The number of imidazole rings is 1. The summed E-state index contributed by atoms with van der Waals surface area (Å²) < 4.78 is 1.48. The molecule has 0 saturated heterocycles. The highest BCUT2D eigenvalue weighted by molar-refractivity contribution is 5.92. The summed E-state index contributed by atoms with van der Waals surface area (Å²) in [5.41, 5.74) is 7.67. The molecule has 3 aromatic rings. The number of anilines is 2. The van der Waals surface area contributed by atoms with Gasteiger partial charge in [-0.15, -0.1) is 5.10 Å². The van der Waals surface area contributed by atoms with Gasteiger partial charge in [0.05, 0.1) is 17.2 Å². The number of nitrogens with zero attached hydrogens (tertiary/aromatic N) is 5. The van der Waals surface area contributed by atoms with Crippen LogP contribution in [0.1, 0.15) is 17.5 Å². The number of nitrogens with two attached hydrogens (primary N) is 1. The molecule has 3 rings (SSSR count). The van der Waals surface area contributed by atoms with Gasteiger partial charge in [-0.1, -0.05) is 0 Å². The van der Waals surface area contributed by atoms with E-state index in [-0.39, 0.29) is 18.4 Å². The van der Waals surface area contributed by atoms with Gasteiger partial charge in [0, 0.05) is 12.6 Å². The van der Waals surface area contributed by atoms with E-state index in [0.29, 0.717) is 28.4 Å². The first-order chi connectivity index (χ1) is 10.9. The molecule has 0 spiro atoms. The highest BCUT2D eigenvalue weighted by Crippen LogP contribution is 2.19. The average Bonchev–Trinajstić information content (AvgIpc) is 3.01. The topological polar surface area (TPSA) is 121 Å². The van der Waals surface area contributed by atoms with Crippen LogP contribution in [0.15, 0.2) is 24.4 Å². The third-order valence-corrected chi connectivity index (χ3v) is 3.21. The highest BCUT2D eigenvalue weighted by atomic mass is 16.2. The number of rotatable bonds is 3. The molecule has 118 valence electrons. The molecule has 0 bridgehead atoms. The maximum Gasteiger partial charge on any atom is 0.256 e. The molecule has 9 nitrogen and oxygen atoms in total. The van der Waals surface area contributed by atoms with E-state index in [2.05, 4.69) is 20.5 Å². The Labute approximate surface area is 131 Å². The van der Waals surface area contributed by atoms with Crippen LogP contribution in [-0.4, -0.2) is 36.4 Å². The molecular formula is C14H15N7O2. The molecule has 1 amide bonds. The summed E-state index contributed by atoms with van der Waals surface area (Å²) in [6, 6.07) is 5.20. The lowest BCUT2D eigenvalue weighted by Crippen LogP contribution is -2.20. The van der Waals surface area contributed by atoms with Crippen LogP contribution in [0.5, 0.6) is 0 Å². The lowest BCUT2D eigenvalue weighted by molar-refractivity contribution is -0.114. The van der Waals surface area contributed by atoms with Crippen molar-refractivity contribution in [2.24, 2.45) is 0 Å². The molecule has 0 aliphatic heterocycles. The zero-order chi connectivity index (χ0) is 16.6. The number of carbonyl (C=O) groups excluding carboxylic acids is 2. The highest BCUT2D eigenvalue weighted by Gasteiger charge is 2.16. The predicted molar refractivity (Wildman–Crippen MR) is 83.8 cm³/mol. The van der Waals surface area contributed by atoms with Gasteiger partial charge in [0.15, 0.2) is 5.82 Å². The molecule has 0 saturated carbocycles. The SMILES string of the molecule is CC(=O)Nc1cnn(CC(=O)n2c(C)nc3ccc(N)cc32)n1. The Morgan fingerprint density at radius 1 is 1.35 bits per heavy atom. The normalized spacial score (nSPS) is 10.9. The molecule has 0 radical (unpaired) electrons. The van der Waals surface area contributed by atoms with Gasteiger partial charge in [-0.25, -0.2) is 4.98 Å². The summed E-state index contributed by atoms with van der Waals surface area (Å²) >= 11 is 0. The van der Waals surface area contributed by atoms with Gasteiger partial charge in [0.2, 0.25) is 5.91 Å². The molecule has 2 aromatic heterocycles. The number of nitrogen functional groups attached to an aromatic ring is 1. The van der Waals surface area contributed by atoms with Crippen molar-refractivity contribution in [3.8, 4) is 0 Å². The third kappa shape index (κ3) is 2.89. The monoisotopic (exact) mass is 313 g/mol. The van der Waals surface area contributed by atoms with Crippen molar-refractivity contribution < 1.29 is 9.59 Å². The van der Waals surface area contributed by atoms with Crippen LogP contribution in [0.2, 0.25) is 0 Å². The van der Waals surface area contributed by atoms with Gasteiger partial charge in [-0.2, -0.15) is 9.90 Å². The van der Waals surface area contributed by atoms with E-state index in [9.17, 15) is 9.59 Å². The standard InChI is InChI=1S/C14H15N7O2/c1-8-17-11-4-3-10(15)5-12(11)21(8)14(23)7-20-16-6-13(19-20)18-9(2)22/h3-6H,7,15H2,1-2H3,(H,18,19,22). The zero-order valence-electron chi connectivity index (χ0n) is 12.6. The number of hydrogen-bond donors (Lipinski definition) is 2. The molecule has 3 N–H and O–H groups in total. The number of fused-ring (bicyclic) bond motifs is 1. The number of benzene rings is 1. The molecule has 1 aromatic carbocycles. The van der Waals surface area contributed by atoms with Gasteiger partial charge in [-0.05, 0) is 25.1 Å². The summed E-state index contributed by atoms with van der Waals surface area (Å²) in [6.45, 7) is 3.03. The second kappa shape index (κ2) is 5.52. The third-order valence-electron chi connectivity index (χ3n) is 3.21. The van der Waals surface area contributed by atoms with E-state index < -0.39 is 0 Å². The quantitative estimate of drug-likeness (QED) is 0.690. The van der Waals surface area contributed by atoms with E-state index in [1.54, 1.807) is 25.1 Å². The summed E-state index contributed by atoms with van der Waals surface area (Å²) in [5, 5.41) is 10.5. The van der Waals surface area contributed by atoms with Gasteiger partial charge in [0.1, 0.15) is 12.4 Å². The van der Waals surface area contributed by atoms with E-state index in [1.807, 2.05) is 0 Å². The number of carbonyl (C=O) groups is 2. The number of amides is 1. The Bertz CT molecular complexity index is 909. The Morgan fingerprint density at radius 3 is 2.87 bits per heavy atom. The van der Waals surface area contributed by atoms with E-state index >= 15 is 0 Å². The van der Waals surface area contributed by atoms with Crippen molar-refractivity contribution in [1.82, 2.24) is 24.5 Å². The zero-order valence-corrected chi connectivity index (χ0v) is 12.6. The van der Waals surface area contributed by atoms with Crippen molar-refractivity contribution in [1.29, 1.82) is 0 Å². The van der Waals surface area contributed by atoms with Crippen LogP contribution in [-0.2, 0) is 11.3 Å². The van der Waals surface area contributed by atoms with Crippen LogP contribution >= 0.6 is 0 Å². The first-order valence-electron chi connectivity index (χ1n) is 6.89. The van der Waals surface area contributed by atoms with Crippen LogP contribution in [0.25, 0.3) is 11.0 Å². The van der Waals surface area contributed by atoms with Gasteiger partial charge >= 0.3 is 0 Å². The molecule has 0 unspecified atom stereocenters. The summed E-state index contributed by atoms with van der Waals surface area (Å²) in [7, 11) is 0. The summed E-state index contributed by atoms with van der Waals surface area (Å²) in [6.07, 6.45) is 1.38. The van der Waals surface area contributed by atoms with E-state index in [1.165, 1.54) is 22.5 Å². The molecule has 23 heavy (non-hydrogen) atoms. The minimum absolute atomic E-state index is 0.0827. The van der Waals surface area contributed by atoms with Crippen molar-refractivity contribution in [2.75, 3.05) is 11.1 Å². The summed E-state index contributed by atoms with van der Waals surface area (Å²) in [4.78, 5) is 29.1. The van der Waals surface area contributed by atoms with Crippen molar-refractivity contribution in [3.05, 3.63) is 30.2 Å². The largest absolute Gasteiger partial charge is 0.399 e. The molecule has 2 heterocycles. The molecule has 0 atom stereocenters. The minimum atomic E-state index is -0.254. The maximum absolute atomic E-state index is 12.5. The predicted octanol–water partition coefficient (Wildman–Crippen LogP) is 0.817. The molecule has 0 fully saturated rings. The van der Waals surface area contributed by atoms with Gasteiger partial charge in [0.25, 0.3) is 5.91 Å². The second-order valence-corrected chi connectivity index (χ2v) is 5.08. The number of hydrogen-bond acceptors (Lipinski definition) is 6. The molecule has 0 aliphatic rings. The maximum atomic E-state index is 12.5. The smallest absolute Gasteiger partial charge is 0.256 e. The second-order valence-electron chi connectivity index (χ2n) is 5.08. The summed E-state index contributed by atoms with van der Waals surface area (Å²) in [5.74, 6) is 0.350. The molecular weight excluding hydrogens is 298 g/mol. The minimum Gasteiger partial charge on any atom is -0.399 e. The first-order valence-corrected chi connectivity index (χ1v) is 6.89. The van der Waals surface area contributed by atoms with Gasteiger partial charge in [-0.3, -0.25) is 14.2 Å². The van der Waals surface area contributed by atoms with Crippen LogP contribution in [0.4, 0.5) is 11.5 Å². The first kappa shape index (κ1) is 14.7. The van der Waals surface area contributed by atoms with Crippen molar-refractivity contribution in [3.63, 3.8) is 0 Å². The Balaban J connectivity index is 1.89. The van der Waals surface area contributed by atoms with Crippen LogP contribution in [0, 0.1) is 6.92 Å². The van der Waals surface area contributed by atoms with Crippen molar-refractivity contribution >= 4 is 34.4 Å². The number of nitrogens with one attached hydrogen (secondary N) is 1. The fourth-order valence-corrected chi connectivity index (χ4v) is 2.33. The fraction of sp³-hybridized carbons (Fsp3) is 0.214. The molecule has 9 heteroatoms. The van der Waals surface area contributed by atoms with E-state index in [4.69, 9.17) is 5.73 Å². The Hall–Kier alpha value is -3.23.